The summed E-state index contributed by atoms with van der Waals surface area (Å²) in [7, 11) is 0. The van der Waals surface area contributed by atoms with Gasteiger partial charge >= 0.3 is 0 Å². The molecule has 0 fully saturated rings. The molecule has 2 rings (SSSR count). The van der Waals surface area contributed by atoms with Crippen LogP contribution in [0.5, 0.6) is 0 Å². The third-order valence-corrected chi connectivity index (χ3v) is 4.54. The largest absolute Gasteiger partial charge is 0.249 e. The van der Waals surface area contributed by atoms with Gasteiger partial charge in [-0.1, -0.05) is 20.8 Å². The van der Waals surface area contributed by atoms with Gasteiger partial charge in [-0.2, -0.15) is 0 Å². The van der Waals surface area contributed by atoms with E-state index in [2.05, 4.69) is 25.8 Å². The van der Waals surface area contributed by atoms with E-state index < -0.39 is 0 Å². The van der Waals surface area contributed by atoms with Crippen LogP contribution in [0.3, 0.4) is 0 Å². The maximum atomic E-state index is 4.56. The molecule has 0 radical (unpaired) electrons. The van der Waals surface area contributed by atoms with Crippen LogP contribution in [-0.4, -0.2) is 4.98 Å². The van der Waals surface area contributed by atoms with Gasteiger partial charge < -0.3 is 0 Å². The summed E-state index contributed by atoms with van der Waals surface area (Å²) in [5.74, 6) is 0.723. The number of thiazole rings is 1. The predicted molar refractivity (Wildman–Crippen MR) is 57.2 cm³/mol. The molecule has 1 aliphatic carbocycles. The quantitative estimate of drug-likeness (QED) is 0.705. The molecular formula is C11H17NS. The Morgan fingerprint density at radius 3 is 3.00 bits per heavy atom. The zero-order valence-electron chi connectivity index (χ0n) is 8.63. The van der Waals surface area contributed by atoms with Crippen LogP contribution in [0.15, 0.2) is 5.51 Å². The molecule has 72 valence electrons. The second-order valence-corrected chi connectivity index (χ2v) is 5.23. The molecule has 2 heteroatoms. The summed E-state index contributed by atoms with van der Waals surface area (Å²) in [6, 6.07) is 0. The average Bonchev–Trinajstić information content (AvgIpc) is 2.62. The van der Waals surface area contributed by atoms with Crippen molar-refractivity contribution in [3.8, 4) is 0 Å². The lowest BCUT2D eigenvalue weighted by Gasteiger charge is -2.31. The molecule has 0 saturated carbocycles. The molecule has 0 aliphatic heterocycles. The van der Waals surface area contributed by atoms with E-state index in [9.17, 15) is 0 Å². The van der Waals surface area contributed by atoms with Gasteiger partial charge in [0.1, 0.15) is 0 Å². The molecule has 0 amide bonds. The van der Waals surface area contributed by atoms with Gasteiger partial charge in [0, 0.05) is 10.3 Å². The highest BCUT2D eigenvalue weighted by Gasteiger charge is 2.41. The van der Waals surface area contributed by atoms with Crippen LogP contribution in [0.2, 0.25) is 0 Å². The monoisotopic (exact) mass is 195 g/mol. The molecule has 1 unspecified atom stereocenters. The molecule has 0 aromatic carbocycles. The molecule has 0 saturated heterocycles. The van der Waals surface area contributed by atoms with Crippen LogP contribution in [0.4, 0.5) is 0 Å². The zero-order chi connectivity index (χ0) is 9.47. The first kappa shape index (κ1) is 9.20. The van der Waals surface area contributed by atoms with Gasteiger partial charge in [0.25, 0.3) is 0 Å². The first-order valence-electron chi connectivity index (χ1n) is 5.13. The molecule has 1 nitrogen and oxygen atoms in total. The minimum Gasteiger partial charge on any atom is -0.249 e. The summed E-state index contributed by atoms with van der Waals surface area (Å²) in [6.45, 7) is 6.96. The summed E-state index contributed by atoms with van der Waals surface area (Å²) in [5, 5.41) is 0. The minimum atomic E-state index is 0.398. The first-order chi connectivity index (χ1) is 6.20. The SMILES string of the molecule is CCC1(C(C)C)CCc2scnc21. The first-order valence-corrected chi connectivity index (χ1v) is 6.01. The van der Waals surface area contributed by atoms with Crippen LogP contribution >= 0.6 is 11.3 Å². The molecule has 1 atom stereocenters. The van der Waals surface area contributed by atoms with Crippen molar-refractivity contribution >= 4 is 11.3 Å². The molecule has 0 spiro atoms. The smallest absolute Gasteiger partial charge is 0.0797 e. The zero-order valence-corrected chi connectivity index (χ0v) is 9.45. The Balaban J connectivity index is 2.45. The standard InChI is InChI=1S/C11H17NS/c1-4-11(8(2)3)6-5-9-10(11)12-7-13-9/h7-8H,4-6H2,1-3H3. The summed E-state index contributed by atoms with van der Waals surface area (Å²) in [6.07, 6.45) is 3.81. The number of fused-ring (bicyclic) bond motifs is 1. The Labute approximate surface area is 84.2 Å². The Morgan fingerprint density at radius 1 is 1.62 bits per heavy atom. The number of aryl methyl sites for hydroxylation is 1. The highest BCUT2D eigenvalue weighted by Crippen LogP contribution is 2.47. The van der Waals surface area contributed by atoms with E-state index in [4.69, 9.17) is 0 Å². The van der Waals surface area contributed by atoms with Crippen LogP contribution in [-0.2, 0) is 11.8 Å². The van der Waals surface area contributed by atoms with E-state index in [1.54, 1.807) is 0 Å². The van der Waals surface area contributed by atoms with Crippen LogP contribution in [0, 0.1) is 5.92 Å². The lowest BCUT2D eigenvalue weighted by molar-refractivity contribution is 0.287. The molecule has 1 aliphatic rings. The second-order valence-electron chi connectivity index (χ2n) is 4.29. The Kier molecular flexibility index (Phi) is 2.18. The van der Waals surface area contributed by atoms with Crippen molar-refractivity contribution in [1.82, 2.24) is 4.98 Å². The van der Waals surface area contributed by atoms with E-state index in [0.717, 1.165) is 5.92 Å². The number of hydrogen-bond donors (Lipinski definition) is 0. The number of hydrogen-bond acceptors (Lipinski definition) is 2. The Bertz CT molecular complexity index is 303. The van der Waals surface area contributed by atoms with E-state index >= 15 is 0 Å². The molecule has 1 aromatic heterocycles. The van der Waals surface area contributed by atoms with Gasteiger partial charge in [-0.05, 0) is 25.2 Å². The van der Waals surface area contributed by atoms with Crippen LogP contribution in [0.25, 0.3) is 0 Å². The number of nitrogens with zero attached hydrogens (tertiary/aromatic N) is 1. The van der Waals surface area contributed by atoms with Crippen molar-refractivity contribution in [3.63, 3.8) is 0 Å². The molecule has 1 aromatic rings. The van der Waals surface area contributed by atoms with E-state index in [1.165, 1.54) is 29.8 Å². The average molecular weight is 195 g/mol. The lowest BCUT2D eigenvalue weighted by Crippen LogP contribution is -2.29. The lowest BCUT2D eigenvalue weighted by atomic mass is 9.73. The summed E-state index contributed by atoms with van der Waals surface area (Å²) < 4.78 is 0. The van der Waals surface area contributed by atoms with Gasteiger partial charge in [-0.3, -0.25) is 0 Å². The second kappa shape index (κ2) is 3.09. The third-order valence-electron chi connectivity index (χ3n) is 3.65. The van der Waals surface area contributed by atoms with Crippen LogP contribution in [0.1, 0.15) is 44.2 Å². The van der Waals surface area contributed by atoms with Gasteiger partial charge in [-0.25, -0.2) is 4.98 Å². The Morgan fingerprint density at radius 2 is 2.38 bits per heavy atom. The van der Waals surface area contributed by atoms with Gasteiger partial charge in [0.05, 0.1) is 11.2 Å². The summed E-state index contributed by atoms with van der Waals surface area (Å²) in [5.41, 5.74) is 3.82. The number of rotatable bonds is 2. The summed E-state index contributed by atoms with van der Waals surface area (Å²) in [4.78, 5) is 6.10. The molecule has 13 heavy (non-hydrogen) atoms. The van der Waals surface area contributed by atoms with Crippen molar-refractivity contribution in [1.29, 1.82) is 0 Å². The molecular weight excluding hydrogens is 178 g/mol. The third kappa shape index (κ3) is 1.15. The topological polar surface area (TPSA) is 12.9 Å². The maximum absolute atomic E-state index is 4.56. The highest BCUT2D eigenvalue weighted by atomic mass is 32.1. The molecule has 1 heterocycles. The van der Waals surface area contributed by atoms with Crippen molar-refractivity contribution in [2.75, 3.05) is 0 Å². The molecule has 0 bridgehead atoms. The number of aromatic nitrogens is 1. The van der Waals surface area contributed by atoms with Crippen molar-refractivity contribution in [2.45, 2.75) is 45.4 Å². The normalized spacial score (nSPS) is 26.8. The fraction of sp³-hybridized carbons (Fsp3) is 0.727. The van der Waals surface area contributed by atoms with Gasteiger partial charge in [-0.15, -0.1) is 11.3 Å². The van der Waals surface area contributed by atoms with E-state index in [-0.39, 0.29) is 0 Å². The highest BCUT2D eigenvalue weighted by molar-refractivity contribution is 7.09. The fourth-order valence-electron chi connectivity index (χ4n) is 2.62. The molecule has 0 N–H and O–H groups in total. The maximum Gasteiger partial charge on any atom is 0.0797 e. The minimum absolute atomic E-state index is 0.398. The van der Waals surface area contributed by atoms with Crippen molar-refractivity contribution in [3.05, 3.63) is 16.1 Å². The Hall–Kier alpha value is -0.370. The summed E-state index contributed by atoms with van der Waals surface area (Å²) >= 11 is 1.84. The van der Waals surface area contributed by atoms with E-state index in [1.807, 2.05) is 16.8 Å². The van der Waals surface area contributed by atoms with Gasteiger partial charge in [0.15, 0.2) is 0 Å². The predicted octanol–water partition coefficient (Wildman–Crippen LogP) is 3.39. The van der Waals surface area contributed by atoms with Crippen molar-refractivity contribution in [2.24, 2.45) is 5.92 Å². The van der Waals surface area contributed by atoms with Crippen molar-refractivity contribution < 1.29 is 0 Å². The fourth-order valence-corrected chi connectivity index (χ4v) is 3.50. The van der Waals surface area contributed by atoms with Crippen LogP contribution < -0.4 is 0 Å². The van der Waals surface area contributed by atoms with E-state index in [0.29, 0.717) is 5.41 Å². The van der Waals surface area contributed by atoms with Gasteiger partial charge in [0.2, 0.25) is 0 Å².